The van der Waals surface area contributed by atoms with Gasteiger partial charge in [-0.3, -0.25) is 4.79 Å². The van der Waals surface area contributed by atoms with E-state index in [4.69, 9.17) is 0 Å². The van der Waals surface area contributed by atoms with Crippen molar-refractivity contribution in [3.8, 4) is 0 Å². The number of carbonyl (C=O) groups is 1. The summed E-state index contributed by atoms with van der Waals surface area (Å²) in [6.45, 7) is 1.99. The summed E-state index contributed by atoms with van der Waals surface area (Å²) in [6.07, 6.45) is 11.5. The zero-order chi connectivity index (χ0) is 13.9. The predicted octanol–water partition coefficient (Wildman–Crippen LogP) is 2.97. The lowest BCUT2D eigenvalue weighted by molar-refractivity contribution is -0.136. The van der Waals surface area contributed by atoms with Gasteiger partial charge in [0, 0.05) is 19.0 Å². The summed E-state index contributed by atoms with van der Waals surface area (Å²) in [5, 5.41) is 9.55. The smallest absolute Gasteiger partial charge is 0.225 e. The Morgan fingerprint density at radius 1 is 0.950 bits per heavy atom. The summed E-state index contributed by atoms with van der Waals surface area (Å²) in [6, 6.07) is 0. The minimum absolute atomic E-state index is 0.159. The minimum atomic E-state index is -0.159. The standard InChI is InChI=1S/C17H29NO2/c19-16-7-5-15(6-8-16)17(20)18-10-9-14(12-18)11-13-3-1-2-4-13/h13-16,19H,1-12H2. The Kier molecular flexibility index (Phi) is 4.65. The van der Waals surface area contributed by atoms with Crippen molar-refractivity contribution in [2.75, 3.05) is 13.1 Å². The van der Waals surface area contributed by atoms with E-state index in [0.717, 1.165) is 50.6 Å². The molecule has 3 fully saturated rings. The highest BCUT2D eigenvalue weighted by Gasteiger charge is 2.33. The first-order valence-corrected chi connectivity index (χ1v) is 8.69. The molecule has 1 atom stereocenters. The second-order valence-corrected chi connectivity index (χ2v) is 7.33. The molecule has 1 saturated heterocycles. The Bertz CT molecular complexity index is 330. The fourth-order valence-corrected chi connectivity index (χ4v) is 4.52. The molecular formula is C17H29NO2. The quantitative estimate of drug-likeness (QED) is 0.863. The summed E-state index contributed by atoms with van der Waals surface area (Å²) < 4.78 is 0. The molecule has 3 aliphatic rings. The van der Waals surface area contributed by atoms with Gasteiger partial charge in [0.1, 0.15) is 0 Å². The molecule has 1 N–H and O–H groups in total. The van der Waals surface area contributed by atoms with E-state index in [2.05, 4.69) is 4.90 Å². The van der Waals surface area contributed by atoms with E-state index < -0.39 is 0 Å². The summed E-state index contributed by atoms with van der Waals surface area (Å²) in [5.74, 6) is 2.28. The predicted molar refractivity (Wildman–Crippen MR) is 79.2 cm³/mol. The van der Waals surface area contributed by atoms with Crippen LogP contribution in [-0.4, -0.2) is 35.1 Å². The molecule has 2 aliphatic carbocycles. The number of aliphatic hydroxyl groups excluding tert-OH is 1. The van der Waals surface area contributed by atoms with Crippen molar-refractivity contribution < 1.29 is 9.90 Å². The zero-order valence-corrected chi connectivity index (χ0v) is 12.6. The fraction of sp³-hybridized carbons (Fsp3) is 0.941. The van der Waals surface area contributed by atoms with Crippen LogP contribution in [0.5, 0.6) is 0 Å². The Labute approximate surface area is 122 Å². The molecule has 1 unspecified atom stereocenters. The molecule has 2 saturated carbocycles. The van der Waals surface area contributed by atoms with Gasteiger partial charge in [0.25, 0.3) is 0 Å². The van der Waals surface area contributed by atoms with Crippen LogP contribution in [0.4, 0.5) is 0 Å². The second-order valence-electron chi connectivity index (χ2n) is 7.33. The van der Waals surface area contributed by atoms with Crippen molar-refractivity contribution in [1.29, 1.82) is 0 Å². The van der Waals surface area contributed by atoms with Gasteiger partial charge in [-0.1, -0.05) is 25.7 Å². The third kappa shape index (κ3) is 3.36. The van der Waals surface area contributed by atoms with Crippen LogP contribution < -0.4 is 0 Å². The molecule has 0 bridgehead atoms. The van der Waals surface area contributed by atoms with Gasteiger partial charge in [0.2, 0.25) is 5.91 Å². The first-order valence-electron chi connectivity index (χ1n) is 8.69. The van der Waals surface area contributed by atoms with E-state index in [1.807, 2.05) is 0 Å². The molecule has 3 heteroatoms. The van der Waals surface area contributed by atoms with Crippen LogP contribution in [0.15, 0.2) is 0 Å². The van der Waals surface area contributed by atoms with E-state index in [9.17, 15) is 9.90 Å². The lowest BCUT2D eigenvalue weighted by atomic mass is 9.86. The summed E-state index contributed by atoms with van der Waals surface area (Å²) in [7, 11) is 0. The third-order valence-electron chi connectivity index (χ3n) is 5.78. The topological polar surface area (TPSA) is 40.5 Å². The first kappa shape index (κ1) is 14.4. The maximum Gasteiger partial charge on any atom is 0.225 e. The Balaban J connectivity index is 1.45. The Morgan fingerprint density at radius 2 is 1.65 bits per heavy atom. The van der Waals surface area contributed by atoms with Gasteiger partial charge in [-0.15, -0.1) is 0 Å². The largest absolute Gasteiger partial charge is 0.393 e. The van der Waals surface area contributed by atoms with Crippen molar-refractivity contribution in [1.82, 2.24) is 4.90 Å². The maximum absolute atomic E-state index is 12.5. The van der Waals surface area contributed by atoms with Crippen molar-refractivity contribution in [2.24, 2.45) is 17.8 Å². The van der Waals surface area contributed by atoms with Crippen molar-refractivity contribution in [2.45, 2.75) is 70.3 Å². The average Bonchev–Trinajstić information content (AvgIpc) is 3.11. The molecule has 3 rings (SSSR count). The molecule has 1 heterocycles. The molecule has 0 radical (unpaired) electrons. The molecule has 1 amide bonds. The van der Waals surface area contributed by atoms with Gasteiger partial charge in [0.15, 0.2) is 0 Å². The second kappa shape index (κ2) is 6.46. The summed E-state index contributed by atoms with van der Waals surface area (Å²) in [5.41, 5.74) is 0. The number of rotatable bonds is 3. The van der Waals surface area contributed by atoms with Crippen LogP contribution in [0.2, 0.25) is 0 Å². The highest BCUT2D eigenvalue weighted by Crippen LogP contribution is 2.34. The fourth-order valence-electron chi connectivity index (χ4n) is 4.52. The van der Waals surface area contributed by atoms with Crippen LogP contribution in [-0.2, 0) is 4.79 Å². The zero-order valence-electron chi connectivity index (χ0n) is 12.6. The molecule has 114 valence electrons. The SMILES string of the molecule is O=C(C1CCC(O)CC1)N1CCC(CC2CCCC2)C1. The van der Waals surface area contributed by atoms with Gasteiger partial charge in [-0.05, 0) is 50.4 Å². The van der Waals surface area contributed by atoms with E-state index in [-0.39, 0.29) is 12.0 Å². The molecule has 1 aliphatic heterocycles. The highest BCUT2D eigenvalue weighted by molar-refractivity contribution is 5.79. The maximum atomic E-state index is 12.5. The van der Waals surface area contributed by atoms with Crippen molar-refractivity contribution >= 4 is 5.91 Å². The van der Waals surface area contributed by atoms with Crippen LogP contribution in [0.1, 0.15) is 64.2 Å². The van der Waals surface area contributed by atoms with E-state index >= 15 is 0 Å². The number of aliphatic hydroxyl groups is 1. The van der Waals surface area contributed by atoms with E-state index in [1.54, 1.807) is 0 Å². The lowest BCUT2D eigenvalue weighted by Gasteiger charge is -2.28. The van der Waals surface area contributed by atoms with E-state index in [1.165, 1.54) is 38.5 Å². The van der Waals surface area contributed by atoms with Gasteiger partial charge in [-0.25, -0.2) is 0 Å². The van der Waals surface area contributed by atoms with Crippen LogP contribution in [0, 0.1) is 17.8 Å². The van der Waals surface area contributed by atoms with Gasteiger partial charge < -0.3 is 10.0 Å². The van der Waals surface area contributed by atoms with Crippen molar-refractivity contribution in [3.05, 3.63) is 0 Å². The summed E-state index contributed by atoms with van der Waals surface area (Å²) >= 11 is 0. The normalized spacial score (nSPS) is 35.6. The van der Waals surface area contributed by atoms with E-state index in [0.29, 0.717) is 5.91 Å². The molecule has 0 aromatic rings. The van der Waals surface area contributed by atoms with Crippen LogP contribution in [0.3, 0.4) is 0 Å². The van der Waals surface area contributed by atoms with Gasteiger partial charge >= 0.3 is 0 Å². The number of nitrogens with zero attached hydrogens (tertiary/aromatic N) is 1. The Morgan fingerprint density at radius 3 is 2.35 bits per heavy atom. The summed E-state index contributed by atoms with van der Waals surface area (Å²) in [4.78, 5) is 14.7. The lowest BCUT2D eigenvalue weighted by Crippen LogP contribution is -2.37. The Hall–Kier alpha value is -0.570. The number of likely N-dealkylation sites (tertiary alicyclic amines) is 1. The molecule has 20 heavy (non-hydrogen) atoms. The first-order chi connectivity index (χ1) is 9.72. The van der Waals surface area contributed by atoms with Crippen LogP contribution in [0.25, 0.3) is 0 Å². The molecule has 3 nitrogen and oxygen atoms in total. The van der Waals surface area contributed by atoms with Gasteiger partial charge in [0.05, 0.1) is 6.10 Å². The number of hydrogen-bond acceptors (Lipinski definition) is 2. The highest BCUT2D eigenvalue weighted by atomic mass is 16.3. The number of hydrogen-bond donors (Lipinski definition) is 1. The molecule has 0 aromatic carbocycles. The average molecular weight is 279 g/mol. The van der Waals surface area contributed by atoms with Crippen molar-refractivity contribution in [3.63, 3.8) is 0 Å². The van der Waals surface area contributed by atoms with Crippen LogP contribution >= 0.6 is 0 Å². The number of amides is 1. The van der Waals surface area contributed by atoms with Gasteiger partial charge in [-0.2, -0.15) is 0 Å². The molecule has 0 spiro atoms. The molecular weight excluding hydrogens is 250 g/mol. The molecule has 0 aromatic heterocycles. The number of carbonyl (C=O) groups excluding carboxylic acids is 1. The minimum Gasteiger partial charge on any atom is -0.393 e. The third-order valence-corrected chi connectivity index (χ3v) is 5.78. The monoisotopic (exact) mass is 279 g/mol.